The lowest BCUT2D eigenvalue weighted by atomic mass is 9.94. The number of anilines is 3. The Morgan fingerprint density at radius 3 is 1.74 bits per heavy atom. The normalized spacial score (nSPS) is 11.5. The van der Waals surface area contributed by atoms with E-state index in [2.05, 4.69) is 169 Å². The molecule has 0 amide bonds. The molecule has 0 bridgehead atoms. The number of nitrogens with zero attached hydrogens (tertiary/aromatic N) is 1. The van der Waals surface area contributed by atoms with Crippen molar-refractivity contribution in [1.29, 1.82) is 0 Å². The predicted molar refractivity (Wildman–Crippen MR) is 194 cm³/mol. The molecule has 2 heteroatoms. The first-order chi connectivity index (χ1) is 22.8. The Morgan fingerprint density at radius 2 is 0.870 bits per heavy atom. The molecule has 0 radical (unpaired) electrons. The largest absolute Gasteiger partial charge is 0.454 e. The van der Waals surface area contributed by atoms with Gasteiger partial charge in [-0.2, -0.15) is 0 Å². The minimum Gasteiger partial charge on any atom is -0.454 e. The van der Waals surface area contributed by atoms with Crippen LogP contribution >= 0.6 is 0 Å². The number of hydrogen-bond acceptors (Lipinski definition) is 2. The van der Waals surface area contributed by atoms with Gasteiger partial charge in [0.05, 0.1) is 17.1 Å². The summed E-state index contributed by atoms with van der Waals surface area (Å²) in [7, 11) is 0. The Hall–Kier alpha value is -6.12. The fourth-order valence-corrected chi connectivity index (χ4v) is 6.95. The maximum atomic E-state index is 6.64. The maximum absolute atomic E-state index is 6.64. The van der Waals surface area contributed by atoms with E-state index in [4.69, 9.17) is 4.42 Å². The zero-order chi connectivity index (χ0) is 30.5. The lowest BCUT2D eigenvalue weighted by Crippen LogP contribution is -2.12. The average Bonchev–Trinajstić information content (AvgIpc) is 3.51. The van der Waals surface area contributed by atoms with Crippen LogP contribution in [0.4, 0.5) is 17.1 Å². The van der Waals surface area contributed by atoms with Gasteiger partial charge >= 0.3 is 0 Å². The third-order valence-corrected chi connectivity index (χ3v) is 9.05. The number of fused-ring (bicyclic) bond motifs is 5. The molecular weight excluding hydrogens is 558 g/mol. The molecule has 0 aliphatic carbocycles. The van der Waals surface area contributed by atoms with E-state index < -0.39 is 0 Å². The molecule has 0 spiro atoms. The Balaban J connectivity index is 1.31. The van der Waals surface area contributed by atoms with Crippen LogP contribution in [0.2, 0.25) is 0 Å². The van der Waals surface area contributed by atoms with Crippen molar-refractivity contribution >= 4 is 60.5 Å². The standard InChI is InChI=1S/C44H29NO/c1-3-19-34-30(13-1)15-10-23-35(34)32-17-9-18-33(29-32)37-21-5-7-25-40(37)45(41-26-11-16-31-14-2-4-20-36(31)41)42-27-12-24-39-38-22-6-8-28-43(38)46-44(39)42/h1-29H. The third kappa shape index (κ3) is 4.27. The van der Waals surface area contributed by atoms with E-state index in [1.165, 1.54) is 32.7 Å². The topological polar surface area (TPSA) is 16.4 Å². The quantitative estimate of drug-likeness (QED) is 0.199. The Labute approximate surface area is 267 Å². The second kappa shape index (κ2) is 10.8. The molecule has 0 unspecified atom stereocenters. The molecule has 9 aromatic rings. The summed E-state index contributed by atoms with van der Waals surface area (Å²) < 4.78 is 6.64. The SMILES string of the molecule is c1cc(-c2ccccc2N(c2cccc3ccccc23)c2cccc3c2oc2ccccc23)cc(-c2cccc3ccccc23)c1. The Bertz CT molecular complexity index is 2550. The minimum atomic E-state index is 0.871. The molecule has 46 heavy (non-hydrogen) atoms. The molecule has 0 saturated heterocycles. The summed E-state index contributed by atoms with van der Waals surface area (Å²) in [5, 5.41) is 7.09. The van der Waals surface area contributed by atoms with Crippen molar-refractivity contribution in [3.05, 3.63) is 176 Å². The van der Waals surface area contributed by atoms with Crippen molar-refractivity contribution in [2.24, 2.45) is 0 Å². The van der Waals surface area contributed by atoms with Gasteiger partial charge in [0.15, 0.2) is 5.58 Å². The number of para-hydroxylation sites is 3. The van der Waals surface area contributed by atoms with Gasteiger partial charge in [0.25, 0.3) is 0 Å². The zero-order valence-electron chi connectivity index (χ0n) is 25.1. The lowest BCUT2D eigenvalue weighted by molar-refractivity contribution is 0.669. The number of benzene rings is 8. The van der Waals surface area contributed by atoms with Crippen molar-refractivity contribution < 1.29 is 4.42 Å². The molecule has 0 N–H and O–H groups in total. The highest BCUT2D eigenvalue weighted by Crippen LogP contribution is 2.47. The summed E-state index contributed by atoms with van der Waals surface area (Å²) in [6.45, 7) is 0. The van der Waals surface area contributed by atoms with Gasteiger partial charge in [0.2, 0.25) is 0 Å². The van der Waals surface area contributed by atoms with Gasteiger partial charge in [0, 0.05) is 21.7 Å². The van der Waals surface area contributed by atoms with Crippen LogP contribution < -0.4 is 4.90 Å². The number of hydrogen-bond donors (Lipinski definition) is 0. The molecule has 8 aromatic carbocycles. The second-order valence-electron chi connectivity index (χ2n) is 11.7. The third-order valence-electron chi connectivity index (χ3n) is 9.05. The summed E-state index contributed by atoms with van der Waals surface area (Å²) >= 11 is 0. The van der Waals surface area contributed by atoms with Crippen molar-refractivity contribution in [3.63, 3.8) is 0 Å². The van der Waals surface area contributed by atoms with E-state index in [1.807, 2.05) is 12.1 Å². The highest BCUT2D eigenvalue weighted by Gasteiger charge is 2.23. The summed E-state index contributed by atoms with van der Waals surface area (Å²) in [6.07, 6.45) is 0. The second-order valence-corrected chi connectivity index (χ2v) is 11.7. The van der Waals surface area contributed by atoms with Crippen LogP contribution in [0, 0.1) is 0 Å². The maximum Gasteiger partial charge on any atom is 0.159 e. The van der Waals surface area contributed by atoms with E-state index in [0.29, 0.717) is 0 Å². The smallest absolute Gasteiger partial charge is 0.159 e. The van der Waals surface area contributed by atoms with Crippen LogP contribution in [-0.2, 0) is 0 Å². The molecule has 0 aliphatic heterocycles. The average molecular weight is 588 g/mol. The molecule has 0 saturated carbocycles. The van der Waals surface area contributed by atoms with Crippen molar-refractivity contribution in [2.45, 2.75) is 0 Å². The first kappa shape index (κ1) is 26.3. The van der Waals surface area contributed by atoms with Crippen LogP contribution in [0.5, 0.6) is 0 Å². The molecule has 0 atom stereocenters. The summed E-state index contributed by atoms with van der Waals surface area (Å²) in [6, 6.07) is 62.7. The summed E-state index contributed by atoms with van der Waals surface area (Å²) in [4.78, 5) is 2.38. The molecule has 1 aromatic heterocycles. The fraction of sp³-hybridized carbons (Fsp3) is 0. The molecule has 9 rings (SSSR count). The van der Waals surface area contributed by atoms with E-state index in [1.54, 1.807) is 0 Å². The molecule has 216 valence electrons. The van der Waals surface area contributed by atoms with Gasteiger partial charge < -0.3 is 9.32 Å². The number of rotatable bonds is 5. The fourth-order valence-electron chi connectivity index (χ4n) is 6.95. The highest BCUT2D eigenvalue weighted by atomic mass is 16.3. The van der Waals surface area contributed by atoms with Crippen LogP contribution in [0.1, 0.15) is 0 Å². The van der Waals surface area contributed by atoms with Crippen LogP contribution in [0.3, 0.4) is 0 Å². The van der Waals surface area contributed by atoms with Gasteiger partial charge in [-0.1, -0.05) is 146 Å². The van der Waals surface area contributed by atoms with Gasteiger partial charge in [-0.15, -0.1) is 0 Å². The Kier molecular flexibility index (Phi) is 6.17. The van der Waals surface area contributed by atoms with Gasteiger partial charge in [-0.05, 0) is 63.2 Å². The number of furan rings is 1. The van der Waals surface area contributed by atoms with Crippen molar-refractivity contribution in [2.75, 3.05) is 4.90 Å². The van der Waals surface area contributed by atoms with E-state index >= 15 is 0 Å². The molecule has 1 heterocycles. The van der Waals surface area contributed by atoms with Gasteiger partial charge in [-0.25, -0.2) is 0 Å². The predicted octanol–water partition coefficient (Wildman–Crippen LogP) is 12.7. The van der Waals surface area contributed by atoms with E-state index in [9.17, 15) is 0 Å². The van der Waals surface area contributed by atoms with Crippen molar-refractivity contribution in [3.8, 4) is 22.3 Å². The van der Waals surface area contributed by atoms with E-state index in [0.717, 1.165) is 50.1 Å². The lowest BCUT2D eigenvalue weighted by Gasteiger charge is -2.29. The molecule has 0 aliphatic rings. The summed E-state index contributed by atoms with van der Waals surface area (Å²) in [5.41, 5.74) is 9.67. The highest BCUT2D eigenvalue weighted by molar-refractivity contribution is 6.12. The summed E-state index contributed by atoms with van der Waals surface area (Å²) in [5.74, 6) is 0. The minimum absolute atomic E-state index is 0.871. The first-order valence-corrected chi connectivity index (χ1v) is 15.7. The zero-order valence-corrected chi connectivity index (χ0v) is 25.1. The van der Waals surface area contributed by atoms with Crippen LogP contribution in [0.15, 0.2) is 180 Å². The first-order valence-electron chi connectivity index (χ1n) is 15.7. The Morgan fingerprint density at radius 1 is 0.348 bits per heavy atom. The van der Waals surface area contributed by atoms with Crippen LogP contribution in [-0.4, -0.2) is 0 Å². The van der Waals surface area contributed by atoms with E-state index in [-0.39, 0.29) is 0 Å². The molecular formula is C44H29NO. The van der Waals surface area contributed by atoms with Crippen molar-refractivity contribution in [1.82, 2.24) is 0 Å². The van der Waals surface area contributed by atoms with Gasteiger partial charge in [-0.3, -0.25) is 0 Å². The monoisotopic (exact) mass is 587 g/mol. The molecule has 0 fully saturated rings. The molecule has 2 nitrogen and oxygen atoms in total. The van der Waals surface area contributed by atoms with Crippen LogP contribution in [0.25, 0.3) is 65.7 Å². The van der Waals surface area contributed by atoms with Gasteiger partial charge in [0.1, 0.15) is 5.58 Å².